The first kappa shape index (κ1) is 20.1. The molecular formula is C22H24FN3O4. The van der Waals surface area contributed by atoms with Crippen LogP contribution in [0.5, 0.6) is 0 Å². The monoisotopic (exact) mass is 413 g/mol. The summed E-state index contributed by atoms with van der Waals surface area (Å²) in [6.07, 6.45) is 4.52. The summed E-state index contributed by atoms with van der Waals surface area (Å²) in [6, 6.07) is 7.98. The molecule has 2 N–H and O–H groups in total. The van der Waals surface area contributed by atoms with E-state index in [1.165, 1.54) is 30.5 Å². The van der Waals surface area contributed by atoms with Crippen LogP contribution in [0.2, 0.25) is 0 Å². The van der Waals surface area contributed by atoms with E-state index < -0.39 is 17.8 Å². The van der Waals surface area contributed by atoms with E-state index in [0.717, 1.165) is 12.8 Å². The molecule has 1 saturated heterocycles. The molecule has 7 nitrogen and oxygen atoms in total. The molecule has 158 valence electrons. The third-order valence-corrected chi connectivity index (χ3v) is 5.63. The third-order valence-electron chi connectivity index (χ3n) is 5.63. The van der Waals surface area contributed by atoms with Crippen molar-refractivity contribution in [2.45, 2.75) is 37.8 Å². The van der Waals surface area contributed by atoms with Crippen molar-refractivity contribution < 1.29 is 23.2 Å². The number of furan rings is 1. The molecule has 0 bridgehead atoms. The first-order valence-corrected chi connectivity index (χ1v) is 10.2. The van der Waals surface area contributed by atoms with E-state index >= 15 is 0 Å². The minimum Gasteiger partial charge on any atom is -0.459 e. The first-order chi connectivity index (χ1) is 14.5. The minimum atomic E-state index is -0.705. The second-order valence-corrected chi connectivity index (χ2v) is 7.85. The summed E-state index contributed by atoms with van der Waals surface area (Å²) in [7, 11) is 0. The highest BCUT2D eigenvalue weighted by molar-refractivity contribution is 5.97. The van der Waals surface area contributed by atoms with Gasteiger partial charge >= 0.3 is 0 Å². The van der Waals surface area contributed by atoms with Gasteiger partial charge in [0.2, 0.25) is 5.91 Å². The van der Waals surface area contributed by atoms with Crippen molar-refractivity contribution in [1.29, 1.82) is 0 Å². The fourth-order valence-electron chi connectivity index (χ4n) is 3.73. The Morgan fingerprint density at radius 2 is 1.73 bits per heavy atom. The molecule has 1 aromatic heterocycles. The third kappa shape index (κ3) is 4.69. The number of carbonyl (C=O) groups is 3. The predicted octanol–water partition coefficient (Wildman–Crippen LogP) is 2.35. The lowest BCUT2D eigenvalue weighted by Crippen LogP contribution is -2.54. The lowest BCUT2D eigenvalue weighted by atomic mass is 9.88. The molecule has 1 aliphatic carbocycles. The Labute approximate surface area is 173 Å². The van der Waals surface area contributed by atoms with Crippen molar-refractivity contribution in [3.8, 4) is 0 Å². The molecule has 1 aromatic carbocycles. The van der Waals surface area contributed by atoms with Crippen LogP contribution in [0.25, 0.3) is 0 Å². The molecular weight excluding hydrogens is 389 g/mol. The van der Waals surface area contributed by atoms with Gasteiger partial charge in [-0.15, -0.1) is 0 Å². The molecule has 1 unspecified atom stereocenters. The van der Waals surface area contributed by atoms with Crippen LogP contribution >= 0.6 is 0 Å². The maximum absolute atomic E-state index is 13.2. The van der Waals surface area contributed by atoms with E-state index in [9.17, 15) is 18.8 Å². The first-order valence-electron chi connectivity index (χ1n) is 10.2. The zero-order valence-corrected chi connectivity index (χ0v) is 16.5. The van der Waals surface area contributed by atoms with Crippen LogP contribution in [0.15, 0.2) is 47.1 Å². The number of likely N-dealkylation sites (tertiary alicyclic amines) is 1. The molecule has 8 heteroatoms. The standard InChI is InChI=1S/C22H24FN3O4/c23-16-5-3-15(4-6-16)20(27)25-19(21(28)24-17-7-8-17)14-9-11-26(12-10-14)22(29)18-2-1-13-30-18/h1-6,13-14,17,19H,7-12H2,(H,24,28)(H,25,27). The minimum absolute atomic E-state index is 0.103. The molecule has 2 aromatic rings. The number of rotatable bonds is 6. The number of halogens is 1. The highest BCUT2D eigenvalue weighted by Gasteiger charge is 2.36. The van der Waals surface area contributed by atoms with E-state index in [0.29, 0.717) is 37.3 Å². The van der Waals surface area contributed by atoms with E-state index in [2.05, 4.69) is 10.6 Å². The molecule has 2 fully saturated rings. The zero-order chi connectivity index (χ0) is 21.1. The van der Waals surface area contributed by atoms with Gasteiger partial charge in [0.25, 0.3) is 11.8 Å². The van der Waals surface area contributed by atoms with Crippen LogP contribution in [0.3, 0.4) is 0 Å². The zero-order valence-electron chi connectivity index (χ0n) is 16.5. The Morgan fingerprint density at radius 1 is 1.03 bits per heavy atom. The van der Waals surface area contributed by atoms with E-state index in [4.69, 9.17) is 4.42 Å². The maximum Gasteiger partial charge on any atom is 0.289 e. The van der Waals surface area contributed by atoms with E-state index in [-0.39, 0.29) is 23.8 Å². The fourth-order valence-corrected chi connectivity index (χ4v) is 3.73. The van der Waals surface area contributed by atoms with Crippen LogP contribution in [0, 0.1) is 11.7 Å². The smallest absolute Gasteiger partial charge is 0.289 e. The van der Waals surface area contributed by atoms with Gasteiger partial charge in [-0.05, 0) is 68.0 Å². The van der Waals surface area contributed by atoms with Crippen molar-refractivity contribution in [3.63, 3.8) is 0 Å². The average Bonchev–Trinajstić information content (AvgIpc) is 3.40. The van der Waals surface area contributed by atoms with Crippen molar-refractivity contribution in [1.82, 2.24) is 15.5 Å². The lowest BCUT2D eigenvalue weighted by molar-refractivity contribution is -0.124. The predicted molar refractivity (Wildman–Crippen MR) is 106 cm³/mol. The normalized spacial score (nSPS) is 18.0. The molecule has 4 rings (SSSR count). The number of hydrogen-bond donors (Lipinski definition) is 2. The van der Waals surface area contributed by atoms with Gasteiger partial charge in [-0.1, -0.05) is 0 Å². The summed E-state index contributed by atoms with van der Waals surface area (Å²) >= 11 is 0. The van der Waals surface area contributed by atoms with Crippen LogP contribution in [0.1, 0.15) is 46.6 Å². The van der Waals surface area contributed by atoms with Crippen LogP contribution in [-0.4, -0.2) is 47.8 Å². The Balaban J connectivity index is 1.42. The molecule has 0 spiro atoms. The Kier molecular flexibility index (Phi) is 5.83. The number of nitrogens with zero attached hydrogens (tertiary/aromatic N) is 1. The number of benzene rings is 1. The van der Waals surface area contributed by atoms with Crippen LogP contribution in [0.4, 0.5) is 4.39 Å². The summed E-state index contributed by atoms with van der Waals surface area (Å²) in [5.74, 6) is -1.03. The Hall–Kier alpha value is -3.16. The largest absolute Gasteiger partial charge is 0.459 e. The number of hydrogen-bond acceptors (Lipinski definition) is 4. The molecule has 2 heterocycles. The SMILES string of the molecule is O=C(NC(C(=O)NC1CC1)C1CCN(C(=O)c2ccco2)CC1)c1ccc(F)cc1. The van der Waals surface area contributed by atoms with Crippen LogP contribution in [-0.2, 0) is 4.79 Å². The van der Waals surface area contributed by atoms with Gasteiger partial charge in [0.05, 0.1) is 6.26 Å². The maximum atomic E-state index is 13.2. The van der Waals surface area contributed by atoms with Gasteiger partial charge in [-0.2, -0.15) is 0 Å². The van der Waals surface area contributed by atoms with Gasteiger partial charge < -0.3 is 20.0 Å². The highest BCUT2D eigenvalue weighted by atomic mass is 19.1. The summed E-state index contributed by atoms with van der Waals surface area (Å²) in [4.78, 5) is 39.7. The molecule has 0 radical (unpaired) electrons. The molecule has 1 atom stereocenters. The van der Waals surface area contributed by atoms with Gasteiger partial charge in [-0.3, -0.25) is 14.4 Å². The highest BCUT2D eigenvalue weighted by Crippen LogP contribution is 2.25. The lowest BCUT2D eigenvalue weighted by Gasteiger charge is -2.35. The fraction of sp³-hybridized carbons (Fsp3) is 0.409. The van der Waals surface area contributed by atoms with Crippen LogP contribution < -0.4 is 10.6 Å². The van der Waals surface area contributed by atoms with Crippen molar-refractivity contribution in [3.05, 3.63) is 59.8 Å². The van der Waals surface area contributed by atoms with Gasteiger partial charge in [0, 0.05) is 24.7 Å². The van der Waals surface area contributed by atoms with Crippen molar-refractivity contribution in [2.75, 3.05) is 13.1 Å². The Morgan fingerprint density at radius 3 is 2.33 bits per heavy atom. The van der Waals surface area contributed by atoms with Crippen molar-refractivity contribution in [2.24, 2.45) is 5.92 Å². The number of amides is 3. The number of piperidine rings is 1. The second kappa shape index (κ2) is 8.69. The summed E-state index contributed by atoms with van der Waals surface area (Å²) in [6.45, 7) is 0.952. The van der Waals surface area contributed by atoms with Gasteiger partial charge in [0.1, 0.15) is 11.9 Å². The van der Waals surface area contributed by atoms with Gasteiger partial charge in [0.15, 0.2) is 5.76 Å². The molecule has 3 amide bonds. The van der Waals surface area contributed by atoms with E-state index in [1.807, 2.05) is 0 Å². The molecule has 1 aliphatic heterocycles. The van der Waals surface area contributed by atoms with Crippen molar-refractivity contribution >= 4 is 17.7 Å². The number of nitrogens with one attached hydrogen (secondary N) is 2. The molecule has 30 heavy (non-hydrogen) atoms. The summed E-state index contributed by atoms with van der Waals surface area (Å²) in [5.41, 5.74) is 0.297. The topological polar surface area (TPSA) is 91.7 Å². The molecule has 1 saturated carbocycles. The summed E-state index contributed by atoms with van der Waals surface area (Å²) < 4.78 is 18.3. The van der Waals surface area contributed by atoms with Gasteiger partial charge in [-0.25, -0.2) is 4.39 Å². The quantitative estimate of drug-likeness (QED) is 0.761. The Bertz CT molecular complexity index is 901. The van der Waals surface area contributed by atoms with E-state index in [1.54, 1.807) is 17.0 Å². The number of carbonyl (C=O) groups excluding carboxylic acids is 3. The summed E-state index contributed by atoms with van der Waals surface area (Å²) in [5, 5.41) is 5.80. The average molecular weight is 413 g/mol. The molecule has 2 aliphatic rings. The second-order valence-electron chi connectivity index (χ2n) is 7.85.